The fraction of sp³-hybridized carbons (Fsp3) is 0.526. The quantitative estimate of drug-likeness (QED) is 0.853. The molecule has 0 spiro atoms. The van der Waals surface area contributed by atoms with Crippen LogP contribution in [-0.2, 0) is 0 Å². The van der Waals surface area contributed by atoms with Gasteiger partial charge in [0.15, 0.2) is 11.5 Å². The van der Waals surface area contributed by atoms with Gasteiger partial charge in [0.05, 0.1) is 12.1 Å². The van der Waals surface area contributed by atoms with E-state index >= 15 is 0 Å². The lowest BCUT2D eigenvalue weighted by atomic mass is 9.77. The molecule has 3 heterocycles. The second-order valence-corrected chi connectivity index (χ2v) is 7.57. The first-order valence-corrected chi connectivity index (χ1v) is 9.40. The fourth-order valence-electron chi connectivity index (χ4n) is 4.61. The molecule has 2 fully saturated rings. The minimum atomic E-state index is -0.461. The average molecular weight is 370 g/mol. The van der Waals surface area contributed by atoms with Crippen molar-refractivity contribution in [2.45, 2.75) is 25.0 Å². The molecule has 5 rings (SSSR count). The molecule has 8 heteroatoms. The van der Waals surface area contributed by atoms with Gasteiger partial charge in [-0.05, 0) is 42.9 Å². The van der Waals surface area contributed by atoms with E-state index in [1.807, 2.05) is 4.90 Å². The van der Waals surface area contributed by atoms with Crippen molar-refractivity contribution >= 4 is 5.91 Å². The SMILES string of the molecule is O=C(c1ccc2c(c1)OCCO2)N1C[C@H]2C[C@@H](n3cncn3)[C@H](O)C[C@H]2C1. The maximum absolute atomic E-state index is 13.0. The third-order valence-electron chi connectivity index (χ3n) is 5.96. The van der Waals surface area contributed by atoms with Crippen LogP contribution in [0.4, 0.5) is 0 Å². The third kappa shape index (κ3) is 2.93. The monoisotopic (exact) mass is 370 g/mol. The van der Waals surface area contributed by atoms with Gasteiger partial charge in [0.2, 0.25) is 0 Å². The summed E-state index contributed by atoms with van der Waals surface area (Å²) in [5, 5.41) is 14.7. The van der Waals surface area contributed by atoms with Crippen molar-refractivity contribution < 1.29 is 19.4 Å². The molecule has 1 N–H and O–H groups in total. The molecule has 0 bridgehead atoms. The lowest BCUT2D eigenvalue weighted by Gasteiger charge is -2.34. The van der Waals surface area contributed by atoms with E-state index in [0.29, 0.717) is 61.6 Å². The van der Waals surface area contributed by atoms with Crippen LogP contribution in [0, 0.1) is 11.8 Å². The minimum Gasteiger partial charge on any atom is -0.486 e. The standard InChI is InChI=1S/C19H22N4O4/c24-16-6-14-9-22(8-13(14)5-15(16)23-11-20-10-21-23)19(25)12-1-2-17-18(7-12)27-4-3-26-17/h1-2,7,10-11,13-16,24H,3-6,8-9H2/t13-,14+,15-,16-/m1/s1. The first-order valence-electron chi connectivity index (χ1n) is 9.40. The topological polar surface area (TPSA) is 89.7 Å². The maximum Gasteiger partial charge on any atom is 0.254 e. The van der Waals surface area contributed by atoms with Gasteiger partial charge in [0.25, 0.3) is 5.91 Å². The van der Waals surface area contributed by atoms with Crippen LogP contribution in [-0.4, -0.2) is 63.1 Å². The second kappa shape index (κ2) is 6.53. The van der Waals surface area contributed by atoms with Crippen LogP contribution in [0.1, 0.15) is 29.2 Å². The number of aliphatic hydroxyl groups is 1. The molecule has 3 aliphatic rings. The molecular weight excluding hydrogens is 348 g/mol. The summed E-state index contributed by atoms with van der Waals surface area (Å²) in [7, 11) is 0. The lowest BCUT2D eigenvalue weighted by Crippen LogP contribution is -2.36. The van der Waals surface area contributed by atoms with Crippen LogP contribution in [0.25, 0.3) is 0 Å². The van der Waals surface area contributed by atoms with E-state index in [-0.39, 0.29) is 11.9 Å². The largest absolute Gasteiger partial charge is 0.486 e. The zero-order chi connectivity index (χ0) is 18.4. The summed E-state index contributed by atoms with van der Waals surface area (Å²) in [6.07, 6.45) is 4.17. The fourth-order valence-corrected chi connectivity index (χ4v) is 4.61. The molecule has 0 radical (unpaired) electrons. The molecule has 27 heavy (non-hydrogen) atoms. The van der Waals surface area contributed by atoms with Crippen LogP contribution >= 0.6 is 0 Å². The van der Waals surface area contributed by atoms with Crippen LogP contribution in [0.15, 0.2) is 30.9 Å². The molecule has 1 saturated heterocycles. The van der Waals surface area contributed by atoms with E-state index in [9.17, 15) is 9.90 Å². The van der Waals surface area contributed by atoms with Gasteiger partial charge in [-0.1, -0.05) is 0 Å². The summed E-state index contributed by atoms with van der Waals surface area (Å²) in [6, 6.07) is 5.30. The Bertz CT molecular complexity index is 840. The van der Waals surface area contributed by atoms with Crippen LogP contribution in [0.2, 0.25) is 0 Å². The van der Waals surface area contributed by atoms with Gasteiger partial charge >= 0.3 is 0 Å². The number of nitrogens with zero attached hydrogens (tertiary/aromatic N) is 4. The van der Waals surface area contributed by atoms with Gasteiger partial charge < -0.3 is 19.5 Å². The number of hydrogen-bond donors (Lipinski definition) is 1. The zero-order valence-corrected chi connectivity index (χ0v) is 14.9. The highest BCUT2D eigenvalue weighted by atomic mass is 16.6. The Hall–Kier alpha value is -2.61. The molecule has 1 saturated carbocycles. The highest BCUT2D eigenvalue weighted by Gasteiger charge is 2.44. The minimum absolute atomic E-state index is 0.00756. The summed E-state index contributed by atoms with van der Waals surface area (Å²) >= 11 is 0. The molecule has 8 nitrogen and oxygen atoms in total. The van der Waals surface area contributed by atoms with E-state index in [2.05, 4.69) is 10.1 Å². The lowest BCUT2D eigenvalue weighted by molar-refractivity contribution is 0.0304. The Morgan fingerprint density at radius 2 is 1.89 bits per heavy atom. The van der Waals surface area contributed by atoms with Gasteiger partial charge in [-0.3, -0.25) is 4.79 Å². The van der Waals surface area contributed by atoms with Crippen molar-refractivity contribution in [1.82, 2.24) is 19.7 Å². The number of carbonyl (C=O) groups is 1. The number of rotatable bonds is 2. The Balaban J connectivity index is 1.31. The van der Waals surface area contributed by atoms with Crippen LogP contribution in [0.5, 0.6) is 11.5 Å². The summed E-state index contributed by atoms with van der Waals surface area (Å²) in [5.41, 5.74) is 0.617. The van der Waals surface area contributed by atoms with Gasteiger partial charge in [-0.2, -0.15) is 5.10 Å². The first kappa shape index (κ1) is 16.6. The molecule has 1 aliphatic carbocycles. The molecule has 4 atom stereocenters. The van der Waals surface area contributed by atoms with E-state index in [0.717, 1.165) is 6.42 Å². The number of benzene rings is 1. The highest BCUT2D eigenvalue weighted by molar-refractivity contribution is 5.95. The number of aromatic nitrogens is 3. The third-order valence-corrected chi connectivity index (χ3v) is 5.96. The predicted octanol–water partition coefficient (Wildman–Crippen LogP) is 1.13. The molecular formula is C19H22N4O4. The number of ether oxygens (including phenoxy) is 2. The molecule has 142 valence electrons. The molecule has 1 aromatic heterocycles. The van der Waals surface area contributed by atoms with Gasteiger partial charge in [-0.25, -0.2) is 9.67 Å². The molecule has 1 aromatic carbocycles. The summed E-state index contributed by atoms with van der Waals surface area (Å²) < 4.78 is 12.9. The second-order valence-electron chi connectivity index (χ2n) is 7.57. The number of hydrogen-bond acceptors (Lipinski definition) is 6. The molecule has 2 aromatic rings. The smallest absolute Gasteiger partial charge is 0.254 e. The first-order chi connectivity index (χ1) is 13.2. The highest BCUT2D eigenvalue weighted by Crippen LogP contribution is 2.41. The number of fused-ring (bicyclic) bond motifs is 2. The Morgan fingerprint density at radius 3 is 2.67 bits per heavy atom. The summed E-state index contributed by atoms with van der Waals surface area (Å²) in [5.74, 6) is 2.01. The normalized spacial score (nSPS) is 29.4. The molecule has 0 unspecified atom stereocenters. The van der Waals surface area contributed by atoms with Crippen molar-refractivity contribution in [2.24, 2.45) is 11.8 Å². The number of likely N-dealkylation sites (tertiary alicyclic amines) is 1. The van der Waals surface area contributed by atoms with Crippen molar-refractivity contribution in [3.8, 4) is 11.5 Å². The zero-order valence-electron chi connectivity index (χ0n) is 14.9. The number of aliphatic hydroxyl groups excluding tert-OH is 1. The molecule has 1 amide bonds. The van der Waals surface area contributed by atoms with Crippen molar-refractivity contribution in [3.63, 3.8) is 0 Å². The Morgan fingerprint density at radius 1 is 1.11 bits per heavy atom. The maximum atomic E-state index is 13.0. The van der Waals surface area contributed by atoms with E-state index < -0.39 is 6.10 Å². The number of amides is 1. The van der Waals surface area contributed by atoms with Gasteiger partial charge in [0.1, 0.15) is 25.9 Å². The van der Waals surface area contributed by atoms with Crippen molar-refractivity contribution in [1.29, 1.82) is 0 Å². The van der Waals surface area contributed by atoms with Crippen LogP contribution < -0.4 is 9.47 Å². The van der Waals surface area contributed by atoms with Gasteiger partial charge in [0, 0.05) is 18.7 Å². The van der Waals surface area contributed by atoms with Crippen molar-refractivity contribution in [3.05, 3.63) is 36.4 Å². The molecule has 2 aliphatic heterocycles. The van der Waals surface area contributed by atoms with Crippen molar-refractivity contribution in [2.75, 3.05) is 26.3 Å². The average Bonchev–Trinajstić information content (AvgIpc) is 3.35. The summed E-state index contributed by atoms with van der Waals surface area (Å²) in [6.45, 7) is 2.42. The Kier molecular flexibility index (Phi) is 4.00. The Labute approximate surface area is 156 Å². The van der Waals surface area contributed by atoms with Crippen LogP contribution in [0.3, 0.4) is 0 Å². The summed E-state index contributed by atoms with van der Waals surface area (Å²) in [4.78, 5) is 18.9. The van der Waals surface area contributed by atoms with Gasteiger partial charge in [-0.15, -0.1) is 0 Å². The van der Waals surface area contributed by atoms with E-state index in [1.165, 1.54) is 6.33 Å². The van der Waals surface area contributed by atoms with E-state index in [4.69, 9.17) is 9.47 Å². The number of carbonyl (C=O) groups excluding carboxylic acids is 1. The van der Waals surface area contributed by atoms with E-state index in [1.54, 1.807) is 29.2 Å². The predicted molar refractivity (Wildman–Crippen MR) is 94.6 cm³/mol.